The second-order valence-electron chi connectivity index (χ2n) is 8.46. The van der Waals surface area contributed by atoms with Gasteiger partial charge in [0.2, 0.25) is 0 Å². The number of hydrogen-bond donors (Lipinski definition) is 6. The molecule has 0 aromatic carbocycles. The number of aliphatic hydroxyl groups excluding tert-OH is 2. The first-order chi connectivity index (χ1) is 14.1. The summed E-state index contributed by atoms with van der Waals surface area (Å²) in [5.74, 6) is -3.46. The van der Waals surface area contributed by atoms with Crippen molar-refractivity contribution in [1.29, 1.82) is 0 Å². The molecular formula is C20H36N4O6. The molecule has 0 bridgehead atoms. The molecule has 6 N–H and O–H groups in total. The van der Waals surface area contributed by atoms with Crippen LogP contribution < -0.4 is 21.3 Å². The lowest BCUT2D eigenvalue weighted by molar-refractivity contribution is -0.141. The van der Waals surface area contributed by atoms with E-state index >= 15 is 0 Å². The molecule has 0 saturated heterocycles. The molecule has 1 aliphatic rings. The van der Waals surface area contributed by atoms with Crippen LogP contribution in [-0.2, 0) is 19.2 Å². The van der Waals surface area contributed by atoms with E-state index in [1.54, 1.807) is 0 Å². The Morgan fingerprint density at radius 1 is 0.700 bits per heavy atom. The van der Waals surface area contributed by atoms with Gasteiger partial charge in [-0.25, -0.2) is 0 Å². The zero-order valence-electron chi connectivity index (χ0n) is 18.2. The van der Waals surface area contributed by atoms with E-state index in [0.29, 0.717) is 12.8 Å². The number of nitrogens with one attached hydrogen (secondary N) is 4. The largest absolute Gasteiger partial charge is 0.394 e. The molecule has 0 radical (unpaired) electrons. The smallest absolute Gasteiger partial charge is 0.309 e. The van der Waals surface area contributed by atoms with Crippen molar-refractivity contribution in [2.75, 3.05) is 13.2 Å². The van der Waals surface area contributed by atoms with Gasteiger partial charge in [-0.3, -0.25) is 19.2 Å². The van der Waals surface area contributed by atoms with Gasteiger partial charge in [-0.15, -0.1) is 0 Å². The van der Waals surface area contributed by atoms with Crippen molar-refractivity contribution >= 4 is 23.6 Å². The summed E-state index contributed by atoms with van der Waals surface area (Å²) in [6.45, 7) is 6.71. The summed E-state index contributed by atoms with van der Waals surface area (Å²) < 4.78 is 0. The first-order valence-corrected chi connectivity index (χ1v) is 10.5. The van der Waals surface area contributed by atoms with Gasteiger partial charge in [-0.2, -0.15) is 0 Å². The van der Waals surface area contributed by atoms with Crippen molar-refractivity contribution < 1.29 is 29.4 Å². The quantitative estimate of drug-likeness (QED) is 0.267. The molecule has 0 aliphatic heterocycles. The molecule has 1 saturated carbocycles. The van der Waals surface area contributed by atoms with Crippen molar-refractivity contribution in [3.05, 3.63) is 0 Å². The third-order valence-electron chi connectivity index (χ3n) is 5.45. The molecule has 0 aromatic rings. The molecule has 0 unspecified atom stereocenters. The summed E-state index contributed by atoms with van der Waals surface area (Å²) in [5, 5.41) is 28.9. The summed E-state index contributed by atoms with van der Waals surface area (Å²) in [4.78, 5) is 48.8. The predicted molar refractivity (Wildman–Crippen MR) is 110 cm³/mol. The monoisotopic (exact) mass is 428 g/mol. The topological polar surface area (TPSA) is 157 Å². The molecular weight excluding hydrogens is 392 g/mol. The summed E-state index contributed by atoms with van der Waals surface area (Å²) in [5.41, 5.74) is 0. The van der Waals surface area contributed by atoms with Crippen LogP contribution in [0, 0.1) is 11.8 Å². The minimum atomic E-state index is -0.848. The number of rotatable bonds is 8. The molecule has 1 aliphatic carbocycles. The Morgan fingerprint density at radius 3 is 1.30 bits per heavy atom. The molecule has 1 fully saturated rings. The SMILES string of the molecule is CC(C)[C@@H](CO)NC(=O)C(=O)N[C@H]1CCCC[C@@H]1NC(=O)C(=O)N[C@H](CO)C(C)C. The van der Waals surface area contributed by atoms with E-state index in [9.17, 15) is 29.4 Å². The summed E-state index contributed by atoms with van der Waals surface area (Å²) in [7, 11) is 0. The van der Waals surface area contributed by atoms with Gasteiger partial charge in [-0.05, 0) is 24.7 Å². The first kappa shape index (κ1) is 25.8. The number of hydrogen-bond acceptors (Lipinski definition) is 6. The Labute approximate surface area is 177 Å². The van der Waals surface area contributed by atoms with Gasteiger partial charge >= 0.3 is 23.6 Å². The number of carbonyl (C=O) groups is 4. The van der Waals surface area contributed by atoms with Crippen molar-refractivity contribution in [1.82, 2.24) is 21.3 Å². The molecule has 10 nitrogen and oxygen atoms in total. The van der Waals surface area contributed by atoms with E-state index in [4.69, 9.17) is 0 Å². The van der Waals surface area contributed by atoms with E-state index in [0.717, 1.165) is 12.8 Å². The summed E-state index contributed by atoms with van der Waals surface area (Å²) in [6.07, 6.45) is 2.75. The highest BCUT2D eigenvalue weighted by atomic mass is 16.3. The molecule has 30 heavy (non-hydrogen) atoms. The minimum absolute atomic E-state index is 0.0411. The maximum absolute atomic E-state index is 12.3. The Kier molecular flexibility index (Phi) is 10.8. The average Bonchev–Trinajstić information content (AvgIpc) is 2.70. The van der Waals surface area contributed by atoms with Crippen LogP contribution in [0.1, 0.15) is 53.4 Å². The van der Waals surface area contributed by atoms with Crippen LogP contribution in [-0.4, -0.2) is 71.2 Å². The van der Waals surface area contributed by atoms with Crippen LogP contribution in [0.3, 0.4) is 0 Å². The van der Waals surface area contributed by atoms with Gasteiger partial charge in [0.15, 0.2) is 0 Å². The van der Waals surface area contributed by atoms with Crippen LogP contribution in [0.15, 0.2) is 0 Å². The Bertz CT molecular complexity index is 558. The van der Waals surface area contributed by atoms with Crippen molar-refractivity contribution in [2.24, 2.45) is 11.8 Å². The minimum Gasteiger partial charge on any atom is -0.394 e. The lowest BCUT2D eigenvalue weighted by atomic mass is 9.90. The van der Waals surface area contributed by atoms with Gasteiger partial charge in [0.1, 0.15) is 0 Å². The average molecular weight is 429 g/mol. The molecule has 0 spiro atoms. The Hall–Kier alpha value is -2.20. The fourth-order valence-corrected chi connectivity index (χ4v) is 3.26. The van der Waals surface area contributed by atoms with Crippen LogP contribution in [0.5, 0.6) is 0 Å². The van der Waals surface area contributed by atoms with Crippen LogP contribution in [0.4, 0.5) is 0 Å². The zero-order valence-corrected chi connectivity index (χ0v) is 18.2. The second-order valence-corrected chi connectivity index (χ2v) is 8.46. The van der Waals surface area contributed by atoms with Crippen LogP contribution in [0.2, 0.25) is 0 Å². The maximum Gasteiger partial charge on any atom is 0.309 e. The molecule has 0 aromatic heterocycles. The van der Waals surface area contributed by atoms with Crippen LogP contribution >= 0.6 is 0 Å². The van der Waals surface area contributed by atoms with Gasteiger partial charge in [0.05, 0.1) is 25.3 Å². The van der Waals surface area contributed by atoms with E-state index in [-0.39, 0.29) is 25.0 Å². The normalized spacial score (nSPS) is 20.9. The number of aliphatic hydroxyl groups is 2. The number of carbonyl (C=O) groups excluding carboxylic acids is 4. The number of amides is 4. The third-order valence-corrected chi connectivity index (χ3v) is 5.45. The molecule has 1 rings (SSSR count). The second kappa shape index (κ2) is 12.5. The first-order valence-electron chi connectivity index (χ1n) is 10.5. The van der Waals surface area contributed by atoms with Gasteiger partial charge in [-0.1, -0.05) is 40.5 Å². The van der Waals surface area contributed by atoms with E-state index < -0.39 is 47.8 Å². The molecule has 0 heterocycles. The summed E-state index contributed by atoms with van der Waals surface area (Å²) in [6, 6.07) is -2.04. The van der Waals surface area contributed by atoms with E-state index in [2.05, 4.69) is 21.3 Å². The van der Waals surface area contributed by atoms with Crippen molar-refractivity contribution in [2.45, 2.75) is 77.5 Å². The molecule has 172 valence electrons. The lowest BCUT2D eigenvalue weighted by Gasteiger charge is -2.32. The third kappa shape index (κ3) is 7.91. The Morgan fingerprint density at radius 2 is 1.03 bits per heavy atom. The lowest BCUT2D eigenvalue weighted by Crippen LogP contribution is -2.58. The highest BCUT2D eigenvalue weighted by molar-refractivity contribution is 6.36. The Balaban J connectivity index is 2.67. The van der Waals surface area contributed by atoms with Gasteiger partial charge in [0.25, 0.3) is 0 Å². The molecule has 10 heteroatoms. The van der Waals surface area contributed by atoms with Gasteiger partial charge in [0, 0.05) is 12.1 Å². The van der Waals surface area contributed by atoms with Gasteiger partial charge < -0.3 is 31.5 Å². The molecule has 4 atom stereocenters. The fourth-order valence-electron chi connectivity index (χ4n) is 3.26. The van der Waals surface area contributed by atoms with E-state index in [1.807, 2.05) is 27.7 Å². The zero-order chi connectivity index (χ0) is 22.8. The van der Waals surface area contributed by atoms with E-state index in [1.165, 1.54) is 0 Å². The highest BCUT2D eigenvalue weighted by Gasteiger charge is 2.32. The summed E-state index contributed by atoms with van der Waals surface area (Å²) >= 11 is 0. The highest BCUT2D eigenvalue weighted by Crippen LogP contribution is 2.18. The van der Waals surface area contributed by atoms with Crippen LogP contribution in [0.25, 0.3) is 0 Å². The fraction of sp³-hybridized carbons (Fsp3) is 0.800. The molecule has 4 amide bonds. The maximum atomic E-state index is 12.3. The van der Waals surface area contributed by atoms with Crippen molar-refractivity contribution in [3.8, 4) is 0 Å². The van der Waals surface area contributed by atoms with Crippen molar-refractivity contribution in [3.63, 3.8) is 0 Å². The standard InChI is InChI=1S/C20H36N4O6/c1-11(2)15(9-25)23-19(29)17(27)21-13-7-5-6-8-14(13)22-18(28)20(30)24-16(10-26)12(3)4/h11-16,25-26H,5-10H2,1-4H3,(H,21,27)(H,22,28)(H,23,29)(H,24,30)/t13-,14-,15+,16+/m0/s1. The predicted octanol–water partition coefficient (Wildman–Crippen LogP) is -1.20.